The lowest BCUT2D eigenvalue weighted by molar-refractivity contribution is 1.18. The zero-order valence-corrected chi connectivity index (χ0v) is 40.6. The molecule has 0 spiro atoms. The van der Waals surface area contributed by atoms with Crippen molar-refractivity contribution in [3.63, 3.8) is 0 Å². The molecule has 0 atom stereocenters. The minimum absolute atomic E-state index is 1.08. The number of hydrogen-bond donors (Lipinski definition) is 0. The molecule has 0 bridgehead atoms. The van der Waals surface area contributed by atoms with E-state index in [1.54, 1.807) is 0 Å². The molecule has 14 rings (SSSR count). The largest absolute Gasteiger partial charge is 0.310 e. The van der Waals surface area contributed by atoms with E-state index < -0.39 is 0 Å². The molecule has 0 saturated carbocycles. The Labute approximate surface area is 430 Å². The van der Waals surface area contributed by atoms with Crippen LogP contribution in [-0.4, -0.2) is 4.57 Å². The Hall–Kier alpha value is -9.76. The van der Waals surface area contributed by atoms with Crippen molar-refractivity contribution >= 4 is 71.2 Å². The van der Waals surface area contributed by atoms with Crippen LogP contribution >= 0.6 is 0 Å². The summed E-state index contributed by atoms with van der Waals surface area (Å²) in [6.45, 7) is 0. The average Bonchev–Trinajstić information content (AvgIpc) is 3.84. The van der Waals surface area contributed by atoms with E-state index in [2.05, 4.69) is 301 Å². The van der Waals surface area contributed by atoms with Crippen LogP contribution in [0.3, 0.4) is 0 Å². The van der Waals surface area contributed by atoms with Crippen molar-refractivity contribution in [2.24, 2.45) is 0 Å². The first-order chi connectivity index (χ1) is 36.7. The van der Waals surface area contributed by atoms with Gasteiger partial charge in [0, 0.05) is 33.5 Å². The molecule has 13 aromatic carbocycles. The lowest BCUT2D eigenvalue weighted by atomic mass is 9.84. The minimum Gasteiger partial charge on any atom is -0.310 e. The fourth-order valence-electron chi connectivity index (χ4n) is 11.5. The molecule has 74 heavy (non-hydrogen) atoms. The van der Waals surface area contributed by atoms with Gasteiger partial charge in [0.05, 0.1) is 11.0 Å². The second kappa shape index (κ2) is 18.1. The highest BCUT2D eigenvalue weighted by Crippen LogP contribution is 2.46. The molecule has 0 aliphatic carbocycles. The van der Waals surface area contributed by atoms with E-state index in [1.807, 2.05) is 0 Å². The number of benzene rings is 13. The summed E-state index contributed by atoms with van der Waals surface area (Å²) in [6, 6.07) is 106. The van der Waals surface area contributed by atoms with Crippen molar-refractivity contribution in [2.45, 2.75) is 0 Å². The van der Waals surface area contributed by atoms with Gasteiger partial charge < -0.3 is 9.47 Å². The number of aromatic nitrogens is 1. The topological polar surface area (TPSA) is 8.17 Å². The molecular weight excluding hydrogens is 893 g/mol. The highest BCUT2D eigenvalue weighted by Gasteiger charge is 2.20. The van der Waals surface area contributed by atoms with Gasteiger partial charge in [-0.25, -0.2) is 0 Å². The summed E-state index contributed by atoms with van der Waals surface area (Å²) < 4.78 is 2.38. The van der Waals surface area contributed by atoms with Crippen LogP contribution in [0.4, 0.5) is 17.1 Å². The number of hydrogen-bond acceptors (Lipinski definition) is 1. The van der Waals surface area contributed by atoms with Gasteiger partial charge >= 0.3 is 0 Å². The van der Waals surface area contributed by atoms with Crippen LogP contribution in [0.25, 0.3) is 115 Å². The summed E-state index contributed by atoms with van der Waals surface area (Å²) in [5.74, 6) is 0. The van der Waals surface area contributed by atoms with Gasteiger partial charge in [-0.05, 0) is 161 Å². The first-order valence-electron chi connectivity index (χ1n) is 25.5. The predicted octanol–water partition coefficient (Wildman–Crippen LogP) is 20.0. The maximum absolute atomic E-state index is 2.41. The van der Waals surface area contributed by atoms with Crippen molar-refractivity contribution in [1.29, 1.82) is 0 Å². The minimum atomic E-state index is 1.08. The van der Waals surface area contributed by atoms with Gasteiger partial charge in [0.2, 0.25) is 0 Å². The molecule has 0 N–H and O–H groups in total. The first-order valence-corrected chi connectivity index (χ1v) is 25.5. The molecule has 1 heterocycles. The van der Waals surface area contributed by atoms with Crippen molar-refractivity contribution in [3.8, 4) is 61.3 Å². The summed E-state index contributed by atoms with van der Waals surface area (Å²) >= 11 is 0. The van der Waals surface area contributed by atoms with E-state index in [0.29, 0.717) is 0 Å². The summed E-state index contributed by atoms with van der Waals surface area (Å²) in [5, 5.41) is 9.96. The molecule has 2 nitrogen and oxygen atoms in total. The molecule has 0 radical (unpaired) electrons. The van der Waals surface area contributed by atoms with Gasteiger partial charge in [-0.2, -0.15) is 0 Å². The molecular formula is C72H48N2. The van der Waals surface area contributed by atoms with E-state index >= 15 is 0 Å². The Morgan fingerprint density at radius 3 is 1.43 bits per heavy atom. The zero-order chi connectivity index (χ0) is 49.0. The Kier molecular flexibility index (Phi) is 10.6. The molecule has 0 aliphatic heterocycles. The standard InChI is InChI=1S/C72H48N2/c1-4-19-52(20-5-1)71-66-31-13-12-29-63(66)64-44-38-55(48-68(64)72(71)53-21-6-2-7-22-53)49-34-40-58(41-35-49)73(59-42-36-51(37-43-59)62-32-17-23-50-18-10-11-28-61(50)62)60-27-16-24-54(46-60)56-39-45-70-67(47-56)65-30-14-15-33-69(65)74(70)57-25-8-3-9-26-57/h1-48H. The van der Waals surface area contributed by atoms with Crippen LogP contribution < -0.4 is 4.90 Å². The van der Waals surface area contributed by atoms with E-state index in [9.17, 15) is 0 Å². The molecule has 0 fully saturated rings. The van der Waals surface area contributed by atoms with Crippen LogP contribution in [0, 0.1) is 0 Å². The second-order valence-electron chi connectivity index (χ2n) is 19.2. The molecule has 0 saturated heterocycles. The van der Waals surface area contributed by atoms with Crippen LogP contribution in [0.2, 0.25) is 0 Å². The molecule has 0 aliphatic rings. The average molecular weight is 941 g/mol. The number of para-hydroxylation sites is 2. The van der Waals surface area contributed by atoms with Crippen molar-refractivity contribution in [1.82, 2.24) is 4.57 Å². The highest BCUT2D eigenvalue weighted by molar-refractivity contribution is 6.22. The van der Waals surface area contributed by atoms with Gasteiger partial charge in [0.15, 0.2) is 0 Å². The molecule has 2 heteroatoms. The highest BCUT2D eigenvalue weighted by atomic mass is 15.1. The molecule has 14 aromatic rings. The SMILES string of the molecule is c1ccc(-c2c(-c3ccccc3)c3cc(-c4ccc(N(c5ccc(-c6cccc7ccccc67)cc5)c5cccc(-c6ccc7c(c6)c6ccccc6n7-c6ccccc6)c5)cc4)ccc3c3ccccc23)cc1. The van der Waals surface area contributed by atoms with Gasteiger partial charge in [0.25, 0.3) is 0 Å². The maximum atomic E-state index is 2.41. The van der Waals surface area contributed by atoms with E-state index in [0.717, 1.165) is 33.9 Å². The van der Waals surface area contributed by atoms with Crippen molar-refractivity contribution in [2.75, 3.05) is 4.90 Å². The molecule has 0 amide bonds. The Bertz CT molecular complexity index is 4380. The fourth-order valence-corrected chi connectivity index (χ4v) is 11.5. The summed E-state index contributed by atoms with van der Waals surface area (Å²) in [5.41, 5.74) is 18.8. The second-order valence-corrected chi connectivity index (χ2v) is 19.2. The third-order valence-electron chi connectivity index (χ3n) is 15.0. The lowest BCUT2D eigenvalue weighted by Gasteiger charge is -2.26. The number of rotatable bonds is 9. The predicted molar refractivity (Wildman–Crippen MR) is 315 cm³/mol. The Morgan fingerprint density at radius 2 is 0.703 bits per heavy atom. The number of anilines is 3. The molecule has 346 valence electrons. The lowest BCUT2D eigenvalue weighted by Crippen LogP contribution is -2.10. The fraction of sp³-hybridized carbons (Fsp3) is 0. The summed E-state index contributed by atoms with van der Waals surface area (Å²) in [7, 11) is 0. The summed E-state index contributed by atoms with van der Waals surface area (Å²) in [6.07, 6.45) is 0. The number of fused-ring (bicyclic) bond motifs is 7. The number of nitrogens with zero attached hydrogens (tertiary/aromatic N) is 2. The monoisotopic (exact) mass is 940 g/mol. The quantitative estimate of drug-likeness (QED) is 0.131. The van der Waals surface area contributed by atoms with Crippen LogP contribution in [0.15, 0.2) is 291 Å². The van der Waals surface area contributed by atoms with Gasteiger partial charge in [-0.3, -0.25) is 0 Å². The van der Waals surface area contributed by atoms with Crippen LogP contribution in [0.1, 0.15) is 0 Å². The van der Waals surface area contributed by atoms with E-state index in [4.69, 9.17) is 0 Å². The summed E-state index contributed by atoms with van der Waals surface area (Å²) in [4.78, 5) is 2.39. The Balaban J connectivity index is 0.898. The maximum Gasteiger partial charge on any atom is 0.0541 e. The van der Waals surface area contributed by atoms with Crippen LogP contribution in [-0.2, 0) is 0 Å². The normalized spacial score (nSPS) is 11.5. The third kappa shape index (κ3) is 7.43. The first kappa shape index (κ1) is 43.1. The third-order valence-corrected chi connectivity index (χ3v) is 15.0. The molecule has 1 aromatic heterocycles. The van der Waals surface area contributed by atoms with E-state index in [-0.39, 0.29) is 0 Å². The van der Waals surface area contributed by atoms with E-state index in [1.165, 1.54) is 98.6 Å². The zero-order valence-electron chi connectivity index (χ0n) is 40.6. The molecule has 0 unspecified atom stereocenters. The van der Waals surface area contributed by atoms with Crippen molar-refractivity contribution in [3.05, 3.63) is 291 Å². The van der Waals surface area contributed by atoms with Crippen LogP contribution in [0.5, 0.6) is 0 Å². The Morgan fingerprint density at radius 1 is 0.230 bits per heavy atom. The van der Waals surface area contributed by atoms with Gasteiger partial charge in [0.1, 0.15) is 0 Å². The van der Waals surface area contributed by atoms with Crippen molar-refractivity contribution < 1.29 is 0 Å². The smallest absolute Gasteiger partial charge is 0.0541 e. The van der Waals surface area contributed by atoms with Gasteiger partial charge in [-0.1, -0.05) is 218 Å². The van der Waals surface area contributed by atoms with Gasteiger partial charge in [-0.15, -0.1) is 0 Å².